The van der Waals surface area contributed by atoms with Crippen LogP contribution in [0.2, 0.25) is 0 Å². The molecular weight excluding hydrogens is 278 g/mol. The first kappa shape index (κ1) is 12.3. The van der Waals surface area contributed by atoms with Gasteiger partial charge in [0, 0.05) is 11.9 Å². The highest BCUT2D eigenvalue weighted by atomic mass is 79.9. The number of pyridine rings is 1. The fourth-order valence-corrected chi connectivity index (χ4v) is 2.40. The van der Waals surface area contributed by atoms with Crippen molar-refractivity contribution in [2.45, 2.75) is 33.6 Å². The van der Waals surface area contributed by atoms with Gasteiger partial charge in [0.2, 0.25) is 0 Å². The quantitative estimate of drug-likeness (QED) is 0.868. The zero-order chi connectivity index (χ0) is 12.4. The van der Waals surface area contributed by atoms with Gasteiger partial charge in [0.25, 0.3) is 0 Å². The van der Waals surface area contributed by atoms with E-state index < -0.39 is 0 Å². The van der Waals surface area contributed by atoms with E-state index in [2.05, 4.69) is 52.0 Å². The number of aromatic nitrogens is 3. The Morgan fingerprint density at radius 1 is 1.24 bits per heavy atom. The third kappa shape index (κ3) is 2.41. The first-order valence-electron chi connectivity index (χ1n) is 5.86. The molecule has 17 heavy (non-hydrogen) atoms. The Balaban J connectivity index is 2.55. The molecule has 0 aliphatic heterocycles. The molecule has 0 spiro atoms. The van der Waals surface area contributed by atoms with Crippen LogP contribution in [0.3, 0.4) is 0 Å². The highest BCUT2D eigenvalue weighted by Crippen LogP contribution is 2.21. The van der Waals surface area contributed by atoms with Crippen molar-refractivity contribution in [1.82, 2.24) is 14.8 Å². The van der Waals surface area contributed by atoms with Crippen LogP contribution in [0.4, 0.5) is 0 Å². The van der Waals surface area contributed by atoms with Crippen molar-refractivity contribution in [2.75, 3.05) is 0 Å². The van der Waals surface area contributed by atoms with E-state index in [1.54, 1.807) is 0 Å². The van der Waals surface area contributed by atoms with Gasteiger partial charge in [-0.25, -0.2) is 9.67 Å². The monoisotopic (exact) mass is 293 g/mol. The maximum atomic E-state index is 4.58. The summed E-state index contributed by atoms with van der Waals surface area (Å²) in [5.74, 6) is 0.868. The molecule has 0 saturated heterocycles. The van der Waals surface area contributed by atoms with Crippen LogP contribution < -0.4 is 0 Å². The molecule has 0 aromatic carbocycles. The van der Waals surface area contributed by atoms with Crippen LogP contribution in [-0.4, -0.2) is 14.8 Å². The zero-order valence-corrected chi connectivity index (χ0v) is 12.0. The SMILES string of the molecule is CCc1cc(CC)n(-c2ncc(C)cc2Br)n1. The molecule has 90 valence electrons. The lowest BCUT2D eigenvalue weighted by Crippen LogP contribution is -2.05. The van der Waals surface area contributed by atoms with Crippen LogP contribution in [0.15, 0.2) is 22.8 Å². The highest BCUT2D eigenvalue weighted by molar-refractivity contribution is 9.10. The molecule has 3 nitrogen and oxygen atoms in total. The molecule has 0 unspecified atom stereocenters. The van der Waals surface area contributed by atoms with E-state index in [-0.39, 0.29) is 0 Å². The van der Waals surface area contributed by atoms with E-state index >= 15 is 0 Å². The molecule has 0 atom stereocenters. The minimum atomic E-state index is 0.868. The van der Waals surface area contributed by atoms with Gasteiger partial charge in [-0.1, -0.05) is 13.8 Å². The van der Waals surface area contributed by atoms with Crippen molar-refractivity contribution in [3.8, 4) is 5.82 Å². The van der Waals surface area contributed by atoms with E-state index in [1.807, 2.05) is 17.8 Å². The summed E-state index contributed by atoms with van der Waals surface area (Å²) < 4.78 is 2.92. The van der Waals surface area contributed by atoms with Crippen molar-refractivity contribution >= 4 is 15.9 Å². The number of rotatable bonds is 3. The molecule has 0 amide bonds. The molecule has 0 radical (unpaired) electrons. The van der Waals surface area contributed by atoms with Gasteiger partial charge < -0.3 is 0 Å². The van der Waals surface area contributed by atoms with Gasteiger partial charge in [0.15, 0.2) is 5.82 Å². The maximum absolute atomic E-state index is 4.58. The van der Waals surface area contributed by atoms with E-state index in [4.69, 9.17) is 0 Å². The molecule has 2 aromatic rings. The Kier molecular flexibility index (Phi) is 3.62. The van der Waals surface area contributed by atoms with Crippen LogP contribution in [0.25, 0.3) is 5.82 Å². The Labute approximate surface area is 110 Å². The predicted molar refractivity (Wildman–Crippen MR) is 72.6 cm³/mol. The molecule has 2 rings (SSSR count). The molecule has 2 aromatic heterocycles. The third-order valence-corrected chi connectivity index (χ3v) is 3.30. The van der Waals surface area contributed by atoms with Gasteiger partial charge in [-0.15, -0.1) is 0 Å². The van der Waals surface area contributed by atoms with E-state index in [9.17, 15) is 0 Å². The van der Waals surface area contributed by atoms with E-state index in [0.717, 1.165) is 34.4 Å². The summed E-state index contributed by atoms with van der Waals surface area (Å²) >= 11 is 3.56. The normalized spacial score (nSPS) is 10.8. The molecule has 0 N–H and O–H groups in total. The molecular formula is C13H16BrN3. The van der Waals surface area contributed by atoms with Crippen LogP contribution >= 0.6 is 15.9 Å². The Hall–Kier alpha value is -1.16. The van der Waals surface area contributed by atoms with Crippen molar-refractivity contribution in [1.29, 1.82) is 0 Å². The summed E-state index contributed by atoms with van der Waals surface area (Å²) in [6, 6.07) is 4.21. The number of halogens is 1. The number of nitrogens with zero attached hydrogens (tertiary/aromatic N) is 3. The van der Waals surface area contributed by atoms with E-state index in [1.165, 1.54) is 5.69 Å². The average Bonchev–Trinajstić information content (AvgIpc) is 2.72. The van der Waals surface area contributed by atoms with Gasteiger partial charge in [-0.3, -0.25) is 0 Å². The first-order valence-corrected chi connectivity index (χ1v) is 6.65. The first-order chi connectivity index (χ1) is 8.15. The molecule has 4 heteroatoms. The highest BCUT2D eigenvalue weighted by Gasteiger charge is 2.11. The lowest BCUT2D eigenvalue weighted by Gasteiger charge is -2.07. The second kappa shape index (κ2) is 5.00. The largest absolute Gasteiger partial charge is 0.236 e. The van der Waals surface area contributed by atoms with Gasteiger partial charge in [0.1, 0.15) is 0 Å². The minimum absolute atomic E-state index is 0.868. The summed E-state index contributed by atoms with van der Waals surface area (Å²) in [5, 5.41) is 4.58. The average molecular weight is 294 g/mol. The van der Waals surface area contributed by atoms with Gasteiger partial charge in [-0.2, -0.15) is 5.10 Å². The number of hydrogen-bond donors (Lipinski definition) is 0. The molecule has 0 fully saturated rings. The standard InChI is InChI=1S/C13H16BrN3/c1-4-10-7-11(5-2)17(16-10)13-12(14)6-9(3)8-15-13/h6-8H,4-5H2,1-3H3. The minimum Gasteiger partial charge on any atom is -0.236 e. The lowest BCUT2D eigenvalue weighted by molar-refractivity contribution is 0.768. The topological polar surface area (TPSA) is 30.7 Å². The van der Waals surface area contributed by atoms with Gasteiger partial charge in [-0.05, 0) is 53.4 Å². The molecule has 2 heterocycles. The lowest BCUT2D eigenvalue weighted by atomic mass is 10.2. The summed E-state index contributed by atoms with van der Waals surface area (Å²) in [4.78, 5) is 4.46. The van der Waals surface area contributed by atoms with Crippen molar-refractivity contribution < 1.29 is 0 Å². The number of hydrogen-bond acceptors (Lipinski definition) is 2. The zero-order valence-electron chi connectivity index (χ0n) is 10.4. The van der Waals surface area contributed by atoms with Crippen LogP contribution in [0, 0.1) is 6.92 Å². The van der Waals surface area contributed by atoms with Gasteiger partial charge in [0.05, 0.1) is 10.2 Å². The van der Waals surface area contributed by atoms with Gasteiger partial charge >= 0.3 is 0 Å². The maximum Gasteiger partial charge on any atom is 0.167 e. The Morgan fingerprint density at radius 3 is 2.59 bits per heavy atom. The third-order valence-electron chi connectivity index (χ3n) is 2.72. The van der Waals surface area contributed by atoms with Crippen LogP contribution in [-0.2, 0) is 12.8 Å². The van der Waals surface area contributed by atoms with Crippen molar-refractivity contribution in [2.24, 2.45) is 0 Å². The van der Waals surface area contributed by atoms with Crippen LogP contribution in [0.5, 0.6) is 0 Å². The Morgan fingerprint density at radius 2 is 2.00 bits per heavy atom. The van der Waals surface area contributed by atoms with Crippen LogP contribution in [0.1, 0.15) is 30.8 Å². The summed E-state index contributed by atoms with van der Waals surface area (Å²) in [6.07, 6.45) is 3.77. The predicted octanol–water partition coefficient (Wildman–Crippen LogP) is 3.46. The summed E-state index contributed by atoms with van der Waals surface area (Å²) in [7, 11) is 0. The summed E-state index contributed by atoms with van der Waals surface area (Å²) in [5.41, 5.74) is 3.44. The Bertz CT molecular complexity index is 531. The second-order valence-electron chi connectivity index (χ2n) is 4.06. The molecule has 0 aliphatic rings. The molecule has 0 aliphatic carbocycles. The van der Waals surface area contributed by atoms with Crippen molar-refractivity contribution in [3.05, 3.63) is 39.8 Å². The second-order valence-corrected chi connectivity index (χ2v) is 4.92. The summed E-state index contributed by atoms with van der Waals surface area (Å²) in [6.45, 7) is 6.28. The molecule has 0 saturated carbocycles. The van der Waals surface area contributed by atoms with E-state index in [0.29, 0.717) is 0 Å². The smallest absolute Gasteiger partial charge is 0.167 e. The molecule has 0 bridgehead atoms. The number of aryl methyl sites for hydroxylation is 3. The fraction of sp³-hybridized carbons (Fsp3) is 0.385. The van der Waals surface area contributed by atoms with Crippen molar-refractivity contribution in [3.63, 3.8) is 0 Å². The fourth-order valence-electron chi connectivity index (χ4n) is 1.77.